The Bertz CT molecular complexity index is 311. The van der Waals surface area contributed by atoms with Crippen LogP contribution in [0, 0.1) is 12.5 Å². The molecular formula is C23H54N3NaSiZn. The second-order valence-corrected chi connectivity index (χ2v) is 16.4. The Morgan fingerprint density at radius 1 is 0.828 bits per heavy atom. The molecule has 0 aromatic heterocycles. The Morgan fingerprint density at radius 3 is 1.14 bits per heavy atom. The fraction of sp³-hybridized carbons (Fsp3) is 0.913. The summed E-state index contributed by atoms with van der Waals surface area (Å²) < 4.78 is 0. The summed E-state index contributed by atoms with van der Waals surface area (Å²) in [5.74, 6) is 1.42. The van der Waals surface area contributed by atoms with Gasteiger partial charge >= 0.3 is 49.0 Å². The van der Waals surface area contributed by atoms with Crippen molar-refractivity contribution >= 4 is 8.07 Å². The summed E-state index contributed by atoms with van der Waals surface area (Å²) in [6.07, 6.45) is 3.86. The first kappa shape index (κ1) is 41.0. The topological polar surface area (TPSA) is 20.6 Å². The fourth-order valence-electron chi connectivity index (χ4n) is 2.28. The van der Waals surface area contributed by atoms with E-state index in [0.717, 1.165) is 13.1 Å². The van der Waals surface area contributed by atoms with Gasteiger partial charge in [-0.15, -0.1) is 19.2 Å². The van der Waals surface area contributed by atoms with Crippen molar-refractivity contribution in [2.45, 2.75) is 98.4 Å². The van der Waals surface area contributed by atoms with Gasteiger partial charge in [-0.1, -0.05) is 66.6 Å². The smallest absolute Gasteiger partial charge is 0.652 e. The Labute approximate surface area is 223 Å². The van der Waals surface area contributed by atoms with E-state index in [9.17, 15) is 0 Å². The minimum absolute atomic E-state index is 0. The average molecular weight is 489 g/mol. The molecule has 1 aliphatic rings. The number of nitrogens with zero attached hydrogens (tertiary/aromatic N) is 3. The summed E-state index contributed by atoms with van der Waals surface area (Å²) in [5.41, 5.74) is 0.476. The standard InChI is InChI=1S/C9H18N.C6H16N2.C4H11Si.C4H9.Na.Zn/c1-8(2)6-5-7-9(3,4)10-8;1-7(2)5-6-8(3)4;1-5(2,3)4;1-4(2)3;;/h5-7H2,1-4H3;5-6H2,1-4H3;1H2,2-4H3;1-3H3;;/q-1;;2*-1;+1;+2. The van der Waals surface area contributed by atoms with E-state index in [-0.39, 0.29) is 60.1 Å². The van der Waals surface area contributed by atoms with Gasteiger partial charge in [-0.3, -0.25) is 0 Å². The van der Waals surface area contributed by atoms with Crippen LogP contribution >= 0.6 is 0 Å². The van der Waals surface area contributed by atoms with Crippen molar-refractivity contribution in [1.29, 1.82) is 0 Å². The maximum atomic E-state index is 4.75. The van der Waals surface area contributed by atoms with Gasteiger partial charge in [0, 0.05) is 13.1 Å². The molecule has 0 saturated carbocycles. The van der Waals surface area contributed by atoms with Crippen LogP contribution in [0.25, 0.3) is 5.32 Å². The van der Waals surface area contributed by atoms with Crippen molar-refractivity contribution in [1.82, 2.24) is 9.80 Å². The summed E-state index contributed by atoms with van der Waals surface area (Å²) in [4.78, 5) is 4.36. The van der Waals surface area contributed by atoms with Crippen LogP contribution in [-0.2, 0) is 19.5 Å². The van der Waals surface area contributed by atoms with Gasteiger partial charge in [-0.05, 0) is 28.2 Å². The zero-order chi connectivity index (χ0) is 22.5. The molecule has 0 unspecified atom stereocenters. The molecular weight excluding hydrogens is 435 g/mol. The first-order valence-electron chi connectivity index (χ1n) is 10.4. The molecule has 1 heterocycles. The van der Waals surface area contributed by atoms with Gasteiger partial charge in [0.1, 0.15) is 0 Å². The number of piperidine rings is 1. The molecule has 0 N–H and O–H groups in total. The normalized spacial score (nSPS) is 16.8. The summed E-state index contributed by atoms with van der Waals surface area (Å²) in [6, 6.07) is 0. The van der Waals surface area contributed by atoms with Crippen molar-refractivity contribution < 1.29 is 49.0 Å². The summed E-state index contributed by atoms with van der Waals surface area (Å²) in [6.45, 7) is 28.0. The zero-order valence-corrected chi connectivity index (χ0v) is 29.3. The molecule has 1 fully saturated rings. The third-order valence-corrected chi connectivity index (χ3v) is 3.18. The minimum atomic E-state index is -0.861. The molecule has 0 aromatic rings. The van der Waals surface area contributed by atoms with E-state index in [1.54, 1.807) is 0 Å². The fourth-order valence-corrected chi connectivity index (χ4v) is 2.28. The van der Waals surface area contributed by atoms with Gasteiger partial charge in [-0.2, -0.15) is 20.8 Å². The van der Waals surface area contributed by atoms with E-state index >= 15 is 0 Å². The van der Waals surface area contributed by atoms with Crippen LogP contribution in [0.2, 0.25) is 19.6 Å². The maximum absolute atomic E-state index is 4.75. The molecule has 3 nitrogen and oxygen atoms in total. The van der Waals surface area contributed by atoms with Crippen LogP contribution < -0.4 is 29.6 Å². The van der Waals surface area contributed by atoms with Crippen LogP contribution in [0.3, 0.4) is 0 Å². The molecule has 1 rings (SSSR count). The van der Waals surface area contributed by atoms with Crippen molar-refractivity contribution in [3.8, 4) is 0 Å². The van der Waals surface area contributed by atoms with E-state index < -0.39 is 8.07 Å². The number of hydrogen-bond acceptors (Lipinski definition) is 2. The molecule has 0 amide bonds. The van der Waals surface area contributed by atoms with Crippen molar-refractivity contribution in [2.24, 2.45) is 0 Å². The molecule has 6 heteroatoms. The van der Waals surface area contributed by atoms with Gasteiger partial charge in [0.05, 0.1) is 0 Å². The molecule has 1 aliphatic heterocycles. The Balaban J connectivity index is -0.0000000917. The van der Waals surface area contributed by atoms with E-state index in [1.165, 1.54) is 25.2 Å². The van der Waals surface area contributed by atoms with E-state index in [0.29, 0.717) is 0 Å². The van der Waals surface area contributed by atoms with Crippen LogP contribution in [0.1, 0.15) is 67.7 Å². The molecule has 0 spiro atoms. The molecule has 1 saturated heterocycles. The Hall–Kier alpha value is 1.72. The third kappa shape index (κ3) is 53.2. The zero-order valence-electron chi connectivity index (χ0n) is 23.3. The molecule has 29 heavy (non-hydrogen) atoms. The SMILES string of the molecule is CC1(C)CCCC(C)(C)[N-]1.CN(C)CCN(C)C.C[C-](C)C.[CH2-][Si](C)(C)C.[Na+].[Zn+2]. The minimum Gasteiger partial charge on any atom is -0.652 e. The van der Waals surface area contributed by atoms with E-state index in [4.69, 9.17) is 5.32 Å². The Kier molecular flexibility index (Phi) is 28.8. The summed E-state index contributed by atoms with van der Waals surface area (Å²) in [5, 5.41) is 4.75. The van der Waals surface area contributed by atoms with Crippen LogP contribution in [0.15, 0.2) is 0 Å². The van der Waals surface area contributed by atoms with Crippen molar-refractivity contribution in [3.63, 3.8) is 0 Å². The first-order chi connectivity index (χ1) is 11.8. The maximum Gasteiger partial charge on any atom is 2.00 e. The van der Waals surface area contributed by atoms with Gasteiger partial charge in [0.15, 0.2) is 0 Å². The van der Waals surface area contributed by atoms with Gasteiger partial charge in [0.2, 0.25) is 0 Å². The molecule has 168 valence electrons. The Morgan fingerprint density at radius 2 is 1.03 bits per heavy atom. The van der Waals surface area contributed by atoms with Gasteiger partial charge < -0.3 is 27.6 Å². The first-order valence-corrected chi connectivity index (χ1v) is 14.1. The molecule has 0 atom stereocenters. The van der Waals surface area contributed by atoms with Crippen molar-refractivity contribution in [2.75, 3.05) is 41.3 Å². The third-order valence-electron chi connectivity index (χ3n) is 3.18. The van der Waals surface area contributed by atoms with Crippen LogP contribution in [-0.4, -0.2) is 70.2 Å². The second-order valence-electron chi connectivity index (χ2n) is 11.3. The second kappa shape index (κ2) is 20.3. The monoisotopic (exact) mass is 487 g/mol. The average Bonchev–Trinajstić information content (AvgIpc) is 2.31. The van der Waals surface area contributed by atoms with Crippen molar-refractivity contribution in [3.05, 3.63) is 17.8 Å². The quantitative estimate of drug-likeness (QED) is 0.447. The number of hydrogen-bond donors (Lipinski definition) is 0. The number of rotatable bonds is 3. The largest absolute Gasteiger partial charge is 2.00 e. The molecule has 0 aliphatic carbocycles. The van der Waals surface area contributed by atoms with Crippen LogP contribution in [0.4, 0.5) is 0 Å². The predicted molar refractivity (Wildman–Crippen MR) is 131 cm³/mol. The van der Waals surface area contributed by atoms with Crippen LogP contribution in [0.5, 0.6) is 0 Å². The van der Waals surface area contributed by atoms with Gasteiger partial charge in [-0.25, -0.2) is 0 Å². The molecule has 0 radical (unpaired) electrons. The summed E-state index contributed by atoms with van der Waals surface area (Å²) >= 11 is 0. The summed E-state index contributed by atoms with van der Waals surface area (Å²) in [7, 11) is 7.49. The predicted octanol–water partition coefficient (Wildman–Crippen LogP) is 3.53. The van der Waals surface area contributed by atoms with E-state index in [1.807, 2.05) is 0 Å². The molecule has 0 bridgehead atoms. The van der Waals surface area contributed by atoms with E-state index in [2.05, 4.69) is 113 Å². The number of likely N-dealkylation sites (N-methyl/N-ethyl adjacent to an activating group) is 2. The molecule has 0 aromatic carbocycles. The van der Waals surface area contributed by atoms with Gasteiger partial charge in [0.25, 0.3) is 0 Å².